The highest BCUT2D eigenvalue weighted by Gasteiger charge is 2.28. The van der Waals surface area contributed by atoms with Gasteiger partial charge in [-0.3, -0.25) is 0 Å². The molecule has 2 rings (SSSR count). The van der Waals surface area contributed by atoms with Crippen molar-refractivity contribution in [1.82, 2.24) is 0 Å². The molecule has 2 saturated carbocycles. The number of hydrogen-bond donors (Lipinski definition) is 0. The van der Waals surface area contributed by atoms with E-state index in [4.69, 9.17) is 0 Å². The van der Waals surface area contributed by atoms with Gasteiger partial charge in [0.1, 0.15) is 12.6 Å². The van der Waals surface area contributed by atoms with Gasteiger partial charge in [-0.2, -0.15) is 0 Å². The third-order valence-electron chi connectivity index (χ3n) is 4.43. The van der Waals surface area contributed by atoms with Crippen molar-refractivity contribution < 1.29 is 9.59 Å². The van der Waals surface area contributed by atoms with Crippen molar-refractivity contribution in [2.45, 2.75) is 49.8 Å². The standard InChI is InChI=1S/C14H24O2P2/c15-9-11-3-1-5-13(11)17-7-8-18-14-6-2-4-12(14)10-16/h9-14,17-18H,1-8H2/t11-,12-,13?,14?/m0/s1. The normalized spacial score (nSPS) is 37.1. The van der Waals surface area contributed by atoms with Gasteiger partial charge in [0.15, 0.2) is 0 Å². The molecule has 0 amide bonds. The first-order chi connectivity index (χ1) is 8.85. The molecule has 6 atom stereocenters. The number of rotatable bonds is 7. The van der Waals surface area contributed by atoms with Crippen molar-refractivity contribution in [3.8, 4) is 0 Å². The lowest BCUT2D eigenvalue weighted by atomic mass is 10.1. The highest BCUT2D eigenvalue weighted by Crippen LogP contribution is 2.41. The van der Waals surface area contributed by atoms with Gasteiger partial charge in [-0.1, -0.05) is 12.8 Å². The van der Waals surface area contributed by atoms with Crippen molar-refractivity contribution in [3.05, 3.63) is 0 Å². The Hall–Kier alpha value is 0.200. The highest BCUT2D eigenvalue weighted by atomic mass is 31.1. The van der Waals surface area contributed by atoms with Crippen LogP contribution in [0.2, 0.25) is 0 Å². The molecule has 0 aromatic carbocycles. The van der Waals surface area contributed by atoms with Crippen LogP contribution < -0.4 is 0 Å². The summed E-state index contributed by atoms with van der Waals surface area (Å²) in [5.74, 6) is 0.724. The molecular weight excluding hydrogens is 262 g/mol. The molecular formula is C14H24O2P2. The van der Waals surface area contributed by atoms with Crippen molar-refractivity contribution in [2.24, 2.45) is 11.8 Å². The Morgan fingerprint density at radius 3 is 1.61 bits per heavy atom. The minimum absolute atomic E-state index is 0.362. The SMILES string of the molecule is O=C[C@@H]1CCCC1PCCPC1CCC[C@H]1C=O. The van der Waals surface area contributed by atoms with E-state index in [1.165, 1.54) is 50.6 Å². The van der Waals surface area contributed by atoms with E-state index in [9.17, 15) is 9.59 Å². The van der Waals surface area contributed by atoms with Gasteiger partial charge in [0, 0.05) is 11.8 Å². The van der Waals surface area contributed by atoms with Gasteiger partial charge >= 0.3 is 0 Å². The number of aldehydes is 2. The van der Waals surface area contributed by atoms with Crippen LogP contribution in [0.3, 0.4) is 0 Å². The smallest absolute Gasteiger partial charge is 0.123 e. The fourth-order valence-corrected chi connectivity index (χ4v) is 7.13. The fourth-order valence-electron chi connectivity index (χ4n) is 3.33. The predicted octanol–water partition coefficient (Wildman–Crippen LogP) is 3.08. The van der Waals surface area contributed by atoms with Crippen LogP contribution in [0.25, 0.3) is 0 Å². The molecule has 0 aromatic rings. The van der Waals surface area contributed by atoms with Gasteiger partial charge < -0.3 is 9.59 Å². The minimum atomic E-state index is 0.362. The summed E-state index contributed by atoms with van der Waals surface area (Å²) in [6, 6.07) is 0. The maximum atomic E-state index is 10.9. The Morgan fingerprint density at radius 1 is 0.778 bits per heavy atom. The van der Waals surface area contributed by atoms with Gasteiger partial charge in [-0.25, -0.2) is 0 Å². The Morgan fingerprint density at radius 2 is 1.22 bits per heavy atom. The maximum Gasteiger partial charge on any atom is 0.123 e. The molecule has 2 fully saturated rings. The molecule has 18 heavy (non-hydrogen) atoms. The molecule has 102 valence electrons. The predicted molar refractivity (Wildman–Crippen MR) is 80.8 cm³/mol. The summed E-state index contributed by atoms with van der Waals surface area (Å²) in [7, 11) is 1.95. The largest absolute Gasteiger partial charge is 0.303 e. The average Bonchev–Trinajstić information content (AvgIpc) is 3.02. The second kappa shape index (κ2) is 7.71. The van der Waals surface area contributed by atoms with Crippen molar-refractivity contribution in [3.63, 3.8) is 0 Å². The van der Waals surface area contributed by atoms with E-state index in [1.54, 1.807) is 0 Å². The summed E-state index contributed by atoms with van der Waals surface area (Å²) in [5, 5.41) is 0. The molecule has 2 aliphatic rings. The van der Waals surface area contributed by atoms with E-state index < -0.39 is 0 Å². The van der Waals surface area contributed by atoms with E-state index in [0.717, 1.165) is 30.0 Å². The molecule has 4 unspecified atom stereocenters. The molecule has 0 bridgehead atoms. The first kappa shape index (κ1) is 14.6. The fraction of sp³-hybridized carbons (Fsp3) is 0.857. The van der Waals surface area contributed by atoms with E-state index >= 15 is 0 Å². The highest BCUT2D eigenvalue weighted by molar-refractivity contribution is 7.43. The zero-order valence-corrected chi connectivity index (χ0v) is 12.9. The number of carbonyl (C=O) groups excluding carboxylic acids is 2. The first-order valence-electron chi connectivity index (χ1n) is 7.22. The Balaban J connectivity index is 1.61. The molecule has 2 aliphatic carbocycles. The third kappa shape index (κ3) is 3.84. The molecule has 0 spiro atoms. The van der Waals surface area contributed by atoms with Crippen LogP contribution in [0.1, 0.15) is 38.5 Å². The van der Waals surface area contributed by atoms with Crippen molar-refractivity contribution >= 4 is 29.7 Å². The third-order valence-corrected chi connectivity index (χ3v) is 8.49. The van der Waals surface area contributed by atoms with Crippen LogP contribution in [-0.4, -0.2) is 36.2 Å². The van der Waals surface area contributed by atoms with E-state index in [0.29, 0.717) is 23.2 Å². The number of carbonyl (C=O) groups is 2. The summed E-state index contributed by atoms with van der Waals surface area (Å²) in [5.41, 5.74) is 1.38. The average molecular weight is 286 g/mol. The maximum absolute atomic E-state index is 10.9. The molecule has 2 nitrogen and oxygen atoms in total. The second-order valence-corrected chi connectivity index (χ2v) is 8.88. The lowest BCUT2D eigenvalue weighted by Crippen LogP contribution is -2.12. The first-order valence-corrected chi connectivity index (χ1v) is 9.79. The second-order valence-electron chi connectivity index (χ2n) is 5.58. The quantitative estimate of drug-likeness (QED) is 0.409. The molecule has 0 saturated heterocycles. The summed E-state index contributed by atoms with van der Waals surface area (Å²) in [6.07, 6.45) is 12.2. The van der Waals surface area contributed by atoms with E-state index in [2.05, 4.69) is 0 Å². The van der Waals surface area contributed by atoms with Gasteiger partial charge in [-0.05, 0) is 49.3 Å². The number of hydrogen-bond acceptors (Lipinski definition) is 2. The van der Waals surface area contributed by atoms with E-state index in [-0.39, 0.29) is 0 Å². The Kier molecular flexibility index (Phi) is 6.25. The molecule has 0 heterocycles. The van der Waals surface area contributed by atoms with Gasteiger partial charge in [0.2, 0.25) is 0 Å². The van der Waals surface area contributed by atoms with Crippen LogP contribution in [0.5, 0.6) is 0 Å². The van der Waals surface area contributed by atoms with Crippen LogP contribution in [0.4, 0.5) is 0 Å². The molecule has 0 aromatic heterocycles. The summed E-state index contributed by atoms with van der Waals surface area (Å²) < 4.78 is 0. The summed E-state index contributed by atoms with van der Waals surface area (Å²) in [6.45, 7) is 0. The zero-order chi connectivity index (χ0) is 12.8. The zero-order valence-electron chi connectivity index (χ0n) is 10.9. The van der Waals surface area contributed by atoms with Crippen molar-refractivity contribution in [2.75, 3.05) is 12.3 Å². The van der Waals surface area contributed by atoms with Crippen molar-refractivity contribution in [1.29, 1.82) is 0 Å². The van der Waals surface area contributed by atoms with Gasteiger partial charge in [0.05, 0.1) is 0 Å². The molecule has 4 heteroatoms. The van der Waals surface area contributed by atoms with Crippen LogP contribution in [0.15, 0.2) is 0 Å². The Labute approximate surface area is 114 Å². The van der Waals surface area contributed by atoms with E-state index in [1.807, 2.05) is 0 Å². The van der Waals surface area contributed by atoms with Gasteiger partial charge in [-0.15, -0.1) is 17.2 Å². The molecule has 0 aliphatic heterocycles. The summed E-state index contributed by atoms with van der Waals surface area (Å²) >= 11 is 0. The lowest BCUT2D eigenvalue weighted by molar-refractivity contribution is -0.111. The lowest BCUT2D eigenvalue weighted by Gasteiger charge is -2.17. The summed E-state index contributed by atoms with van der Waals surface area (Å²) in [4.78, 5) is 21.8. The monoisotopic (exact) mass is 286 g/mol. The Bertz CT molecular complexity index is 255. The topological polar surface area (TPSA) is 34.1 Å². The van der Waals surface area contributed by atoms with Gasteiger partial charge in [0.25, 0.3) is 0 Å². The molecule has 0 radical (unpaired) electrons. The van der Waals surface area contributed by atoms with Crippen LogP contribution in [0, 0.1) is 11.8 Å². The van der Waals surface area contributed by atoms with Crippen LogP contribution in [-0.2, 0) is 9.59 Å². The molecule has 0 N–H and O–H groups in total. The minimum Gasteiger partial charge on any atom is -0.303 e. The van der Waals surface area contributed by atoms with Crippen LogP contribution >= 0.6 is 17.2 Å².